The Morgan fingerprint density at radius 3 is 2.50 bits per heavy atom. The third-order valence-electron chi connectivity index (χ3n) is 5.63. The summed E-state index contributed by atoms with van der Waals surface area (Å²) >= 11 is 0. The van der Waals surface area contributed by atoms with Gasteiger partial charge in [0, 0.05) is 32.7 Å². The molecule has 2 aliphatic rings. The predicted octanol–water partition coefficient (Wildman–Crippen LogP) is 3.41. The van der Waals surface area contributed by atoms with Crippen molar-refractivity contribution in [2.45, 2.75) is 44.6 Å². The van der Waals surface area contributed by atoms with E-state index in [-0.39, 0.29) is 6.61 Å². The van der Waals surface area contributed by atoms with Gasteiger partial charge in [-0.3, -0.25) is 4.90 Å². The van der Waals surface area contributed by atoms with E-state index in [9.17, 15) is 5.11 Å². The standard InChI is InChI=1S/C23H35N3O2/c1-25-13-15-26(16-14-25)18-22(27)19-28-24-23-12-8-3-2-7-11-21(23)17-20-9-5-4-6-10-20/h4-6,9-10,17,22,27H,2-3,7-8,11-16,18-19H2,1H3/b21-17+,24-23+/t22-/m1/s1. The number of aliphatic hydroxyl groups is 1. The number of oxime groups is 1. The highest BCUT2D eigenvalue weighted by atomic mass is 16.6. The zero-order valence-corrected chi connectivity index (χ0v) is 17.2. The molecule has 0 spiro atoms. The zero-order chi connectivity index (χ0) is 19.6. The van der Waals surface area contributed by atoms with E-state index in [0.717, 1.165) is 51.2 Å². The van der Waals surface area contributed by atoms with Gasteiger partial charge in [0.05, 0.1) is 5.71 Å². The van der Waals surface area contributed by atoms with Crippen molar-refractivity contribution >= 4 is 11.8 Å². The molecule has 0 aromatic heterocycles. The molecule has 154 valence electrons. The Bertz CT molecular complexity index is 637. The van der Waals surface area contributed by atoms with Gasteiger partial charge >= 0.3 is 0 Å². The fourth-order valence-corrected chi connectivity index (χ4v) is 3.86. The lowest BCUT2D eigenvalue weighted by molar-refractivity contribution is 0.0107. The highest BCUT2D eigenvalue weighted by Crippen LogP contribution is 2.22. The fourth-order valence-electron chi connectivity index (χ4n) is 3.86. The maximum absolute atomic E-state index is 10.3. The summed E-state index contributed by atoms with van der Waals surface area (Å²) in [4.78, 5) is 10.2. The number of rotatable bonds is 6. The lowest BCUT2D eigenvalue weighted by Gasteiger charge is -2.33. The van der Waals surface area contributed by atoms with Crippen molar-refractivity contribution in [3.63, 3.8) is 0 Å². The highest BCUT2D eigenvalue weighted by molar-refractivity contribution is 6.03. The van der Waals surface area contributed by atoms with E-state index in [1.54, 1.807) is 0 Å². The van der Waals surface area contributed by atoms with E-state index >= 15 is 0 Å². The normalized spacial score (nSPS) is 24.1. The molecule has 0 unspecified atom stereocenters. The van der Waals surface area contributed by atoms with Crippen LogP contribution in [0.1, 0.15) is 44.1 Å². The van der Waals surface area contributed by atoms with E-state index in [2.05, 4.69) is 52.3 Å². The number of likely N-dealkylation sites (N-methyl/N-ethyl adjacent to an activating group) is 1. The molecule has 1 saturated heterocycles. The van der Waals surface area contributed by atoms with Crippen molar-refractivity contribution < 1.29 is 9.94 Å². The lowest BCUT2D eigenvalue weighted by atomic mass is 9.93. The third kappa shape index (κ3) is 7.04. The van der Waals surface area contributed by atoms with Crippen molar-refractivity contribution in [2.75, 3.05) is 46.4 Å². The van der Waals surface area contributed by atoms with Crippen LogP contribution in [-0.4, -0.2) is 73.1 Å². The summed E-state index contributed by atoms with van der Waals surface area (Å²) in [7, 11) is 2.14. The van der Waals surface area contributed by atoms with Crippen LogP contribution in [0.3, 0.4) is 0 Å². The largest absolute Gasteiger partial charge is 0.393 e. The van der Waals surface area contributed by atoms with Gasteiger partial charge in [0.25, 0.3) is 0 Å². The first-order valence-corrected chi connectivity index (χ1v) is 10.7. The van der Waals surface area contributed by atoms with Gasteiger partial charge in [-0.05, 0) is 49.9 Å². The Morgan fingerprint density at radius 2 is 1.75 bits per heavy atom. The number of piperazine rings is 1. The molecule has 5 heteroatoms. The van der Waals surface area contributed by atoms with E-state index in [4.69, 9.17) is 4.84 Å². The van der Waals surface area contributed by atoms with Gasteiger partial charge in [-0.15, -0.1) is 0 Å². The smallest absolute Gasteiger partial charge is 0.144 e. The summed E-state index contributed by atoms with van der Waals surface area (Å²) in [5.41, 5.74) is 3.54. The minimum Gasteiger partial charge on any atom is -0.393 e. The van der Waals surface area contributed by atoms with Gasteiger partial charge in [0.15, 0.2) is 0 Å². The molecule has 0 bridgehead atoms. The number of allylic oxidation sites excluding steroid dienone is 1. The minimum atomic E-state index is -0.497. The molecular formula is C23H35N3O2. The fraction of sp³-hybridized carbons (Fsp3) is 0.609. The van der Waals surface area contributed by atoms with Gasteiger partial charge in [0.1, 0.15) is 12.7 Å². The SMILES string of the molecule is CN1CCN(C[C@@H](O)CO/N=C2\CCCCCC\C2=C/c2ccccc2)CC1. The van der Waals surface area contributed by atoms with Crippen LogP contribution in [0.4, 0.5) is 0 Å². The third-order valence-corrected chi connectivity index (χ3v) is 5.63. The molecule has 1 aliphatic heterocycles. The van der Waals surface area contributed by atoms with Crippen molar-refractivity contribution in [3.8, 4) is 0 Å². The number of aliphatic hydroxyl groups excluding tert-OH is 1. The molecule has 5 nitrogen and oxygen atoms in total. The second kappa shape index (κ2) is 11.3. The summed E-state index contributed by atoms with van der Waals surface area (Å²) < 4.78 is 0. The first kappa shape index (κ1) is 21.0. The number of benzene rings is 1. The molecule has 1 aliphatic carbocycles. The average molecular weight is 386 g/mol. The van der Waals surface area contributed by atoms with Gasteiger partial charge in [0.2, 0.25) is 0 Å². The van der Waals surface area contributed by atoms with Crippen molar-refractivity contribution in [2.24, 2.45) is 5.16 Å². The number of nitrogens with zero attached hydrogens (tertiary/aromatic N) is 3. The Balaban J connectivity index is 1.56. The topological polar surface area (TPSA) is 48.3 Å². The van der Waals surface area contributed by atoms with Crippen LogP contribution in [-0.2, 0) is 4.84 Å². The van der Waals surface area contributed by atoms with Crippen LogP contribution in [0, 0.1) is 0 Å². The molecule has 1 saturated carbocycles. The molecule has 0 amide bonds. The first-order valence-electron chi connectivity index (χ1n) is 10.7. The van der Waals surface area contributed by atoms with Crippen molar-refractivity contribution in [1.29, 1.82) is 0 Å². The molecular weight excluding hydrogens is 350 g/mol. The quantitative estimate of drug-likeness (QED) is 0.763. The number of hydrogen-bond donors (Lipinski definition) is 1. The van der Waals surface area contributed by atoms with Crippen LogP contribution in [0.15, 0.2) is 41.1 Å². The first-order chi connectivity index (χ1) is 13.7. The molecule has 3 rings (SSSR count). The maximum Gasteiger partial charge on any atom is 0.144 e. The summed E-state index contributed by atoms with van der Waals surface area (Å²) in [6, 6.07) is 10.4. The van der Waals surface area contributed by atoms with Crippen molar-refractivity contribution in [1.82, 2.24) is 9.80 Å². The van der Waals surface area contributed by atoms with Crippen molar-refractivity contribution in [3.05, 3.63) is 41.5 Å². The molecule has 1 N–H and O–H groups in total. The predicted molar refractivity (Wildman–Crippen MR) is 115 cm³/mol. The summed E-state index contributed by atoms with van der Waals surface area (Å²) in [5.74, 6) is 0. The highest BCUT2D eigenvalue weighted by Gasteiger charge is 2.18. The molecule has 0 radical (unpaired) electrons. The monoisotopic (exact) mass is 385 g/mol. The molecule has 1 aromatic carbocycles. The van der Waals surface area contributed by atoms with Crippen LogP contribution in [0.25, 0.3) is 6.08 Å². The summed E-state index contributed by atoms with van der Waals surface area (Å²) in [6.45, 7) is 5.05. The summed E-state index contributed by atoms with van der Waals surface area (Å²) in [5, 5.41) is 14.8. The Hall–Kier alpha value is -1.69. The Kier molecular flexibility index (Phi) is 8.52. The average Bonchev–Trinajstić information content (AvgIpc) is 2.69. The maximum atomic E-state index is 10.3. The van der Waals surface area contributed by atoms with Gasteiger partial charge in [-0.1, -0.05) is 48.3 Å². The second-order valence-corrected chi connectivity index (χ2v) is 8.09. The molecule has 2 fully saturated rings. The molecule has 1 atom stereocenters. The lowest BCUT2D eigenvalue weighted by Crippen LogP contribution is -2.47. The Morgan fingerprint density at radius 1 is 1.04 bits per heavy atom. The molecule has 1 aromatic rings. The van der Waals surface area contributed by atoms with Crippen LogP contribution < -0.4 is 0 Å². The second-order valence-electron chi connectivity index (χ2n) is 8.09. The number of hydrogen-bond acceptors (Lipinski definition) is 5. The zero-order valence-electron chi connectivity index (χ0n) is 17.2. The van der Waals surface area contributed by atoms with Gasteiger partial charge in [-0.25, -0.2) is 0 Å². The van der Waals surface area contributed by atoms with E-state index in [1.807, 2.05) is 6.07 Å². The Labute approximate surface area is 169 Å². The van der Waals surface area contributed by atoms with Crippen LogP contribution in [0.2, 0.25) is 0 Å². The number of β-amino-alcohol motifs (C(OH)–C–C–N with tert-alkyl or cyclic N) is 1. The van der Waals surface area contributed by atoms with Crippen LogP contribution >= 0.6 is 0 Å². The molecule has 28 heavy (non-hydrogen) atoms. The molecule has 1 heterocycles. The van der Waals surface area contributed by atoms with Gasteiger partial charge in [-0.2, -0.15) is 0 Å². The van der Waals surface area contributed by atoms with Crippen LogP contribution in [0.5, 0.6) is 0 Å². The minimum absolute atomic E-state index is 0.258. The summed E-state index contributed by atoms with van der Waals surface area (Å²) in [6.07, 6.45) is 8.63. The van der Waals surface area contributed by atoms with E-state index < -0.39 is 6.10 Å². The van der Waals surface area contributed by atoms with E-state index in [1.165, 1.54) is 30.4 Å². The van der Waals surface area contributed by atoms with Gasteiger partial charge < -0.3 is 14.8 Å². The van der Waals surface area contributed by atoms with E-state index in [0.29, 0.717) is 6.54 Å².